The zero-order chi connectivity index (χ0) is 14.8. The van der Waals surface area contributed by atoms with E-state index in [0.29, 0.717) is 17.2 Å². The number of hydrogen-bond donors (Lipinski definition) is 1. The standard InChI is InChI=1S/C16H13N3O2/c1-10-3-4-13(21-10)7-11(9-17)16-18-14-6-5-12(20-2)8-15(14)19-16/h3-8H,1-2H3,(H,18,19)/b11-7+. The normalized spacial score (nSPS) is 11.6. The van der Waals surface area contributed by atoms with Gasteiger partial charge in [-0.2, -0.15) is 5.26 Å². The highest BCUT2D eigenvalue weighted by atomic mass is 16.5. The highest BCUT2D eigenvalue weighted by molar-refractivity contribution is 5.89. The fourth-order valence-corrected chi connectivity index (χ4v) is 2.07. The number of nitrogens with zero attached hydrogens (tertiary/aromatic N) is 2. The van der Waals surface area contributed by atoms with Crippen molar-refractivity contribution in [3.63, 3.8) is 0 Å². The van der Waals surface area contributed by atoms with Crippen molar-refractivity contribution >= 4 is 22.7 Å². The van der Waals surface area contributed by atoms with Gasteiger partial charge in [0.25, 0.3) is 0 Å². The molecule has 1 N–H and O–H groups in total. The van der Waals surface area contributed by atoms with E-state index in [2.05, 4.69) is 16.0 Å². The Morgan fingerprint density at radius 2 is 2.24 bits per heavy atom. The summed E-state index contributed by atoms with van der Waals surface area (Å²) in [4.78, 5) is 7.54. The van der Waals surface area contributed by atoms with Crippen LogP contribution in [0.25, 0.3) is 22.7 Å². The van der Waals surface area contributed by atoms with Gasteiger partial charge in [0.2, 0.25) is 0 Å². The number of furan rings is 1. The van der Waals surface area contributed by atoms with E-state index in [1.807, 2.05) is 37.3 Å². The number of nitriles is 1. The summed E-state index contributed by atoms with van der Waals surface area (Å²) < 4.78 is 10.6. The number of nitrogens with one attached hydrogen (secondary N) is 1. The highest BCUT2D eigenvalue weighted by Gasteiger charge is 2.09. The minimum absolute atomic E-state index is 0.416. The summed E-state index contributed by atoms with van der Waals surface area (Å²) in [6, 6.07) is 11.3. The summed E-state index contributed by atoms with van der Waals surface area (Å²) in [5.41, 5.74) is 2.02. The molecule has 3 rings (SSSR count). The van der Waals surface area contributed by atoms with Crippen LogP contribution in [-0.2, 0) is 0 Å². The van der Waals surface area contributed by atoms with E-state index in [1.54, 1.807) is 13.2 Å². The summed E-state index contributed by atoms with van der Waals surface area (Å²) in [5, 5.41) is 9.33. The van der Waals surface area contributed by atoms with Crippen molar-refractivity contribution in [3.8, 4) is 11.8 Å². The fourth-order valence-electron chi connectivity index (χ4n) is 2.07. The van der Waals surface area contributed by atoms with Crippen LogP contribution in [0, 0.1) is 18.3 Å². The van der Waals surface area contributed by atoms with Crippen molar-refractivity contribution in [2.24, 2.45) is 0 Å². The van der Waals surface area contributed by atoms with E-state index in [9.17, 15) is 5.26 Å². The minimum atomic E-state index is 0.416. The van der Waals surface area contributed by atoms with Crippen LogP contribution in [0.2, 0.25) is 0 Å². The van der Waals surface area contributed by atoms with Gasteiger partial charge in [-0.3, -0.25) is 0 Å². The Morgan fingerprint density at radius 1 is 1.38 bits per heavy atom. The molecule has 0 amide bonds. The number of hydrogen-bond acceptors (Lipinski definition) is 4. The van der Waals surface area contributed by atoms with Gasteiger partial charge in [-0.15, -0.1) is 0 Å². The van der Waals surface area contributed by atoms with Crippen molar-refractivity contribution in [3.05, 3.63) is 47.7 Å². The van der Waals surface area contributed by atoms with E-state index in [1.165, 1.54) is 0 Å². The second kappa shape index (κ2) is 5.17. The Morgan fingerprint density at radius 3 is 2.90 bits per heavy atom. The molecule has 0 spiro atoms. The molecule has 0 atom stereocenters. The lowest BCUT2D eigenvalue weighted by molar-refractivity contribution is 0.415. The first kappa shape index (κ1) is 13.0. The largest absolute Gasteiger partial charge is 0.497 e. The molecule has 3 aromatic rings. The molecule has 5 nitrogen and oxygen atoms in total. The molecule has 0 unspecified atom stereocenters. The summed E-state index contributed by atoms with van der Waals surface area (Å²) in [6.07, 6.45) is 1.67. The lowest BCUT2D eigenvalue weighted by atomic mass is 10.2. The predicted molar refractivity (Wildman–Crippen MR) is 79.6 cm³/mol. The van der Waals surface area contributed by atoms with Gasteiger partial charge >= 0.3 is 0 Å². The molecule has 2 heterocycles. The Balaban J connectivity index is 2.05. The molecule has 21 heavy (non-hydrogen) atoms. The average Bonchev–Trinajstić information content (AvgIpc) is 3.09. The smallest absolute Gasteiger partial charge is 0.149 e. The molecule has 0 bridgehead atoms. The van der Waals surface area contributed by atoms with Crippen LogP contribution >= 0.6 is 0 Å². The van der Waals surface area contributed by atoms with Crippen LogP contribution in [-0.4, -0.2) is 17.1 Å². The third-order valence-electron chi connectivity index (χ3n) is 3.11. The maximum atomic E-state index is 9.33. The molecule has 0 aliphatic carbocycles. The van der Waals surface area contributed by atoms with Crippen LogP contribution in [0.1, 0.15) is 17.3 Å². The van der Waals surface area contributed by atoms with Crippen LogP contribution < -0.4 is 4.74 Å². The van der Waals surface area contributed by atoms with Crippen LogP contribution in [0.15, 0.2) is 34.7 Å². The van der Waals surface area contributed by atoms with Gasteiger partial charge in [-0.05, 0) is 31.2 Å². The number of allylic oxidation sites excluding steroid dienone is 1. The molecule has 0 saturated carbocycles. The van der Waals surface area contributed by atoms with Gasteiger partial charge in [0.05, 0.1) is 23.7 Å². The summed E-state index contributed by atoms with van der Waals surface area (Å²) in [7, 11) is 1.61. The molecule has 0 aliphatic heterocycles. The lowest BCUT2D eigenvalue weighted by Crippen LogP contribution is -1.84. The zero-order valence-corrected chi connectivity index (χ0v) is 11.7. The molecular formula is C16H13N3O2. The fraction of sp³-hybridized carbons (Fsp3) is 0.125. The number of aromatic amines is 1. The number of H-pyrrole nitrogens is 1. The van der Waals surface area contributed by atoms with Crippen molar-refractivity contribution in [1.82, 2.24) is 9.97 Å². The van der Waals surface area contributed by atoms with Crippen molar-refractivity contribution in [2.45, 2.75) is 6.92 Å². The van der Waals surface area contributed by atoms with Crippen molar-refractivity contribution in [1.29, 1.82) is 5.26 Å². The van der Waals surface area contributed by atoms with E-state index >= 15 is 0 Å². The number of aryl methyl sites for hydroxylation is 1. The molecule has 0 fully saturated rings. The number of methoxy groups -OCH3 is 1. The maximum absolute atomic E-state index is 9.33. The Bertz CT molecular complexity index is 865. The van der Waals surface area contributed by atoms with Gasteiger partial charge in [-0.25, -0.2) is 4.98 Å². The Hall–Kier alpha value is -3.00. The minimum Gasteiger partial charge on any atom is -0.497 e. The molecule has 5 heteroatoms. The van der Waals surface area contributed by atoms with Crippen molar-refractivity contribution < 1.29 is 9.15 Å². The van der Waals surface area contributed by atoms with Gasteiger partial charge in [0.1, 0.15) is 29.2 Å². The maximum Gasteiger partial charge on any atom is 0.149 e. The third kappa shape index (κ3) is 2.51. The van der Waals surface area contributed by atoms with Crippen LogP contribution in [0.3, 0.4) is 0 Å². The topological polar surface area (TPSA) is 74.8 Å². The first-order chi connectivity index (χ1) is 10.2. The lowest BCUT2D eigenvalue weighted by Gasteiger charge is -1.96. The summed E-state index contributed by atoms with van der Waals surface area (Å²) in [6.45, 7) is 1.86. The number of fused-ring (bicyclic) bond motifs is 1. The monoisotopic (exact) mass is 279 g/mol. The second-order valence-corrected chi connectivity index (χ2v) is 4.59. The Kier molecular flexibility index (Phi) is 3.20. The number of ether oxygens (including phenoxy) is 1. The van der Waals surface area contributed by atoms with Gasteiger partial charge in [0, 0.05) is 12.1 Å². The number of benzene rings is 1. The van der Waals surface area contributed by atoms with E-state index in [0.717, 1.165) is 22.5 Å². The SMILES string of the molecule is COc1ccc2nc(/C(C#N)=C/c3ccc(C)o3)[nH]c2c1. The predicted octanol–water partition coefficient (Wildman–Crippen LogP) is 3.54. The first-order valence-electron chi connectivity index (χ1n) is 6.42. The third-order valence-corrected chi connectivity index (χ3v) is 3.11. The molecule has 1 aromatic carbocycles. The molecule has 0 aliphatic rings. The number of imidazole rings is 1. The van der Waals surface area contributed by atoms with E-state index in [4.69, 9.17) is 9.15 Å². The number of aromatic nitrogens is 2. The summed E-state index contributed by atoms with van der Waals surface area (Å²) in [5.74, 6) is 2.67. The summed E-state index contributed by atoms with van der Waals surface area (Å²) >= 11 is 0. The van der Waals surface area contributed by atoms with Gasteiger partial charge < -0.3 is 14.1 Å². The number of rotatable bonds is 3. The second-order valence-electron chi connectivity index (χ2n) is 4.59. The molecule has 2 aromatic heterocycles. The van der Waals surface area contributed by atoms with E-state index in [-0.39, 0.29) is 0 Å². The van der Waals surface area contributed by atoms with Crippen LogP contribution in [0.5, 0.6) is 5.75 Å². The highest BCUT2D eigenvalue weighted by Crippen LogP contribution is 2.23. The van der Waals surface area contributed by atoms with Crippen molar-refractivity contribution in [2.75, 3.05) is 7.11 Å². The first-order valence-corrected chi connectivity index (χ1v) is 6.42. The molecular weight excluding hydrogens is 266 g/mol. The zero-order valence-electron chi connectivity index (χ0n) is 11.7. The van der Waals surface area contributed by atoms with Crippen LogP contribution in [0.4, 0.5) is 0 Å². The van der Waals surface area contributed by atoms with E-state index < -0.39 is 0 Å². The molecule has 0 saturated heterocycles. The quantitative estimate of drug-likeness (QED) is 0.744. The van der Waals surface area contributed by atoms with Gasteiger partial charge in [0.15, 0.2) is 0 Å². The van der Waals surface area contributed by atoms with Gasteiger partial charge in [-0.1, -0.05) is 0 Å². The molecule has 104 valence electrons. The average molecular weight is 279 g/mol. The Labute approximate surface area is 121 Å². The molecule has 0 radical (unpaired) electrons.